The Morgan fingerprint density at radius 1 is 1.03 bits per heavy atom. The number of benzene rings is 2. The van der Waals surface area contributed by atoms with Crippen molar-refractivity contribution in [3.05, 3.63) is 69.8 Å². The van der Waals surface area contributed by atoms with Crippen LogP contribution in [0.2, 0.25) is 0 Å². The lowest BCUT2D eigenvalue weighted by molar-refractivity contribution is -0.384. The van der Waals surface area contributed by atoms with Crippen LogP contribution < -0.4 is 15.5 Å². The molecule has 8 heteroatoms. The minimum atomic E-state index is -0.489. The third-order valence-electron chi connectivity index (χ3n) is 5.08. The minimum absolute atomic E-state index is 0.0144. The topological polar surface area (TPSA) is 105 Å². The van der Waals surface area contributed by atoms with Crippen molar-refractivity contribution in [3.63, 3.8) is 0 Å². The van der Waals surface area contributed by atoms with E-state index in [0.29, 0.717) is 11.1 Å². The molecule has 1 heterocycles. The highest BCUT2D eigenvalue weighted by Gasteiger charge is 2.24. The largest absolute Gasteiger partial charge is 0.371 e. The van der Waals surface area contributed by atoms with Crippen LogP contribution in [0.1, 0.15) is 47.4 Å². The second kappa shape index (κ2) is 9.39. The molecule has 0 saturated carbocycles. The fourth-order valence-corrected chi connectivity index (χ4v) is 3.55. The number of nitrogens with zero attached hydrogens (tertiary/aromatic N) is 2. The number of hydrogen-bond donors (Lipinski definition) is 2. The van der Waals surface area contributed by atoms with Gasteiger partial charge in [-0.05, 0) is 51.0 Å². The molecule has 0 aromatic heterocycles. The molecule has 8 nitrogen and oxygen atoms in total. The molecular formula is C22H26N4O4. The molecule has 1 fully saturated rings. The first-order chi connectivity index (χ1) is 14.3. The van der Waals surface area contributed by atoms with Crippen LogP contribution >= 0.6 is 0 Å². The van der Waals surface area contributed by atoms with Crippen molar-refractivity contribution in [2.45, 2.75) is 38.8 Å². The van der Waals surface area contributed by atoms with Gasteiger partial charge in [0.25, 0.3) is 17.5 Å². The van der Waals surface area contributed by atoms with E-state index in [1.165, 1.54) is 24.3 Å². The molecule has 2 N–H and O–H groups in total. The standard InChI is InChI=1S/C22H26N4O4/c1-15(2)23-22(28)19-5-3-4-6-20(19)25-13-11-17(12-14-25)24-21(27)16-7-9-18(10-8-16)26(29)30/h3-10,15,17H,11-14H2,1-2H3,(H,23,28)(H,24,27). The molecule has 0 bridgehead atoms. The van der Waals surface area contributed by atoms with Crippen LogP contribution in [0.25, 0.3) is 0 Å². The minimum Gasteiger partial charge on any atom is -0.371 e. The molecule has 1 aliphatic rings. The van der Waals surface area contributed by atoms with Gasteiger partial charge in [0, 0.05) is 48.6 Å². The number of rotatable bonds is 6. The van der Waals surface area contributed by atoms with E-state index in [9.17, 15) is 19.7 Å². The Morgan fingerprint density at radius 3 is 2.27 bits per heavy atom. The van der Waals surface area contributed by atoms with E-state index < -0.39 is 4.92 Å². The van der Waals surface area contributed by atoms with Gasteiger partial charge < -0.3 is 15.5 Å². The Hall–Kier alpha value is -3.42. The van der Waals surface area contributed by atoms with Crippen LogP contribution in [0.5, 0.6) is 0 Å². The molecule has 0 radical (unpaired) electrons. The summed E-state index contributed by atoms with van der Waals surface area (Å²) in [4.78, 5) is 37.4. The van der Waals surface area contributed by atoms with Gasteiger partial charge in [0.05, 0.1) is 10.5 Å². The molecule has 2 aromatic rings. The Labute approximate surface area is 175 Å². The Balaban J connectivity index is 1.59. The zero-order valence-corrected chi connectivity index (χ0v) is 17.1. The third-order valence-corrected chi connectivity index (χ3v) is 5.08. The summed E-state index contributed by atoms with van der Waals surface area (Å²) in [6.45, 7) is 5.30. The smallest absolute Gasteiger partial charge is 0.269 e. The van der Waals surface area contributed by atoms with Crippen molar-refractivity contribution in [2.24, 2.45) is 0 Å². The van der Waals surface area contributed by atoms with E-state index >= 15 is 0 Å². The van der Waals surface area contributed by atoms with Crippen molar-refractivity contribution in [3.8, 4) is 0 Å². The molecule has 1 aliphatic heterocycles. The van der Waals surface area contributed by atoms with Crippen LogP contribution in [0.4, 0.5) is 11.4 Å². The Morgan fingerprint density at radius 2 is 1.67 bits per heavy atom. The summed E-state index contributed by atoms with van der Waals surface area (Å²) >= 11 is 0. The number of para-hydroxylation sites is 1. The zero-order valence-electron chi connectivity index (χ0n) is 17.1. The first-order valence-electron chi connectivity index (χ1n) is 10.1. The first-order valence-corrected chi connectivity index (χ1v) is 10.1. The molecular weight excluding hydrogens is 384 g/mol. The highest BCUT2D eigenvalue weighted by molar-refractivity contribution is 6.00. The summed E-state index contributed by atoms with van der Waals surface area (Å²) in [6.07, 6.45) is 1.50. The quantitative estimate of drug-likeness (QED) is 0.562. The van der Waals surface area contributed by atoms with Gasteiger partial charge in [-0.3, -0.25) is 19.7 Å². The lowest BCUT2D eigenvalue weighted by Gasteiger charge is -2.35. The lowest BCUT2D eigenvalue weighted by atomic mass is 10.0. The zero-order chi connectivity index (χ0) is 21.7. The Kier molecular flexibility index (Phi) is 6.66. The van der Waals surface area contributed by atoms with Gasteiger partial charge in [-0.15, -0.1) is 0 Å². The summed E-state index contributed by atoms with van der Waals surface area (Å²) < 4.78 is 0. The number of non-ortho nitro benzene ring substituents is 1. The maximum absolute atomic E-state index is 12.5. The average Bonchev–Trinajstić information content (AvgIpc) is 2.74. The fourth-order valence-electron chi connectivity index (χ4n) is 3.55. The van der Waals surface area contributed by atoms with Crippen molar-refractivity contribution >= 4 is 23.2 Å². The second-order valence-corrected chi connectivity index (χ2v) is 7.68. The van der Waals surface area contributed by atoms with Crippen molar-refractivity contribution < 1.29 is 14.5 Å². The highest BCUT2D eigenvalue weighted by Crippen LogP contribution is 2.24. The number of carbonyl (C=O) groups is 2. The van der Waals surface area contributed by atoms with Crippen LogP contribution in [0, 0.1) is 10.1 Å². The van der Waals surface area contributed by atoms with E-state index in [1.54, 1.807) is 0 Å². The summed E-state index contributed by atoms with van der Waals surface area (Å²) in [5.74, 6) is -0.325. The number of piperidine rings is 1. The normalized spacial score (nSPS) is 14.4. The lowest BCUT2D eigenvalue weighted by Crippen LogP contribution is -2.45. The van der Waals surface area contributed by atoms with E-state index in [4.69, 9.17) is 0 Å². The molecule has 3 rings (SSSR count). The maximum Gasteiger partial charge on any atom is 0.269 e. The van der Waals surface area contributed by atoms with E-state index in [0.717, 1.165) is 31.6 Å². The second-order valence-electron chi connectivity index (χ2n) is 7.68. The van der Waals surface area contributed by atoms with Crippen molar-refractivity contribution in [1.82, 2.24) is 10.6 Å². The van der Waals surface area contributed by atoms with Gasteiger partial charge in [0.2, 0.25) is 0 Å². The predicted octanol–water partition coefficient (Wildman–Crippen LogP) is 3.13. The highest BCUT2D eigenvalue weighted by atomic mass is 16.6. The summed E-state index contributed by atoms with van der Waals surface area (Å²) in [5, 5.41) is 16.7. The third kappa shape index (κ3) is 5.14. The number of amides is 2. The summed E-state index contributed by atoms with van der Waals surface area (Å²) in [7, 11) is 0. The van der Waals surface area contributed by atoms with E-state index in [1.807, 2.05) is 38.1 Å². The van der Waals surface area contributed by atoms with Crippen LogP contribution in [-0.2, 0) is 0 Å². The number of nitrogens with one attached hydrogen (secondary N) is 2. The van der Waals surface area contributed by atoms with Gasteiger partial charge in [-0.2, -0.15) is 0 Å². The maximum atomic E-state index is 12.5. The first kappa shape index (κ1) is 21.3. The van der Waals surface area contributed by atoms with Crippen LogP contribution in [0.15, 0.2) is 48.5 Å². The molecule has 0 aliphatic carbocycles. The van der Waals surface area contributed by atoms with Gasteiger partial charge >= 0.3 is 0 Å². The fraction of sp³-hybridized carbons (Fsp3) is 0.364. The molecule has 30 heavy (non-hydrogen) atoms. The average molecular weight is 410 g/mol. The number of anilines is 1. The molecule has 2 aromatic carbocycles. The SMILES string of the molecule is CC(C)NC(=O)c1ccccc1N1CCC(NC(=O)c2ccc([N+](=O)[O-])cc2)CC1. The summed E-state index contributed by atoms with van der Waals surface area (Å²) in [5.41, 5.74) is 1.91. The number of carbonyl (C=O) groups excluding carboxylic acids is 2. The van der Waals surface area contributed by atoms with Gasteiger partial charge in [0.1, 0.15) is 0 Å². The van der Waals surface area contributed by atoms with Gasteiger partial charge in [-0.25, -0.2) is 0 Å². The van der Waals surface area contributed by atoms with Crippen LogP contribution in [0.3, 0.4) is 0 Å². The number of nitro benzene ring substituents is 1. The van der Waals surface area contributed by atoms with Gasteiger partial charge in [-0.1, -0.05) is 12.1 Å². The van der Waals surface area contributed by atoms with E-state index in [2.05, 4.69) is 15.5 Å². The van der Waals surface area contributed by atoms with Crippen LogP contribution in [-0.4, -0.2) is 41.9 Å². The molecule has 0 spiro atoms. The molecule has 0 unspecified atom stereocenters. The van der Waals surface area contributed by atoms with E-state index in [-0.39, 0.29) is 29.6 Å². The van der Waals surface area contributed by atoms with Crippen molar-refractivity contribution in [1.29, 1.82) is 0 Å². The van der Waals surface area contributed by atoms with Gasteiger partial charge in [0.15, 0.2) is 0 Å². The molecule has 1 saturated heterocycles. The van der Waals surface area contributed by atoms with Crippen molar-refractivity contribution in [2.75, 3.05) is 18.0 Å². The monoisotopic (exact) mass is 410 g/mol. The molecule has 0 atom stereocenters. The predicted molar refractivity (Wildman–Crippen MR) is 115 cm³/mol. The number of nitro groups is 1. The summed E-state index contributed by atoms with van der Waals surface area (Å²) in [6, 6.07) is 13.2. The molecule has 2 amide bonds. The Bertz CT molecular complexity index is 919. The number of hydrogen-bond acceptors (Lipinski definition) is 5. The molecule has 158 valence electrons.